The van der Waals surface area contributed by atoms with Gasteiger partial charge in [0.1, 0.15) is 5.82 Å². The molecule has 2 aromatic rings. The molecule has 7 nitrogen and oxygen atoms in total. The van der Waals surface area contributed by atoms with Crippen LogP contribution in [0.2, 0.25) is 0 Å². The van der Waals surface area contributed by atoms with Crippen molar-refractivity contribution in [2.75, 3.05) is 44.2 Å². The predicted octanol–water partition coefficient (Wildman–Crippen LogP) is 3.28. The summed E-state index contributed by atoms with van der Waals surface area (Å²) in [5.74, 6) is 2.33. The van der Waals surface area contributed by atoms with Gasteiger partial charge in [0.05, 0.1) is 6.54 Å². The summed E-state index contributed by atoms with van der Waals surface area (Å²) in [7, 11) is 0. The van der Waals surface area contributed by atoms with E-state index in [0.29, 0.717) is 18.9 Å². The van der Waals surface area contributed by atoms with Crippen molar-refractivity contribution in [2.24, 2.45) is 4.99 Å². The summed E-state index contributed by atoms with van der Waals surface area (Å²) in [6.45, 7) is 11.0. The highest BCUT2D eigenvalue weighted by Crippen LogP contribution is 2.17. The Morgan fingerprint density at radius 2 is 1.90 bits per heavy atom. The molecule has 0 unspecified atom stereocenters. The Labute approximate surface area is 188 Å². The molecule has 160 valence electrons. The number of rotatable bonds is 6. The van der Waals surface area contributed by atoms with Crippen LogP contribution in [0.4, 0.5) is 10.1 Å². The third kappa shape index (κ3) is 6.55. The Balaban J connectivity index is 0.00000300. The molecule has 0 aliphatic carbocycles. The van der Waals surface area contributed by atoms with Crippen molar-refractivity contribution < 1.29 is 8.91 Å². The molecule has 0 saturated carbocycles. The zero-order valence-electron chi connectivity index (χ0n) is 17.3. The number of hydrogen-bond donors (Lipinski definition) is 1. The fourth-order valence-electron chi connectivity index (χ4n) is 3.12. The summed E-state index contributed by atoms with van der Waals surface area (Å²) in [6.07, 6.45) is 0.629. The van der Waals surface area contributed by atoms with Crippen LogP contribution in [0.5, 0.6) is 0 Å². The van der Waals surface area contributed by atoms with E-state index in [-0.39, 0.29) is 35.7 Å². The van der Waals surface area contributed by atoms with Gasteiger partial charge in [-0.05, 0) is 31.2 Å². The fourth-order valence-corrected chi connectivity index (χ4v) is 3.12. The highest BCUT2D eigenvalue weighted by molar-refractivity contribution is 14.0. The maximum Gasteiger partial charge on any atom is 0.228 e. The molecular weight excluding hydrogens is 486 g/mol. The molecule has 1 aliphatic rings. The van der Waals surface area contributed by atoms with Crippen LogP contribution in [0.15, 0.2) is 33.8 Å². The third-order valence-electron chi connectivity index (χ3n) is 4.69. The minimum atomic E-state index is -0.203. The standard InChI is InChI=1S/C20H29FN6O.HI/c1-4-22-20(23-10-9-18-24-19(15(2)3)25-28-18)27-13-11-26(12-14-27)17-7-5-16(21)6-8-17;/h5-8,15H,4,9-14H2,1-3H3,(H,22,23);1H. The molecule has 0 spiro atoms. The molecule has 1 aliphatic heterocycles. The monoisotopic (exact) mass is 516 g/mol. The van der Waals surface area contributed by atoms with Gasteiger partial charge in [0.15, 0.2) is 11.8 Å². The smallest absolute Gasteiger partial charge is 0.228 e. The molecule has 1 N–H and O–H groups in total. The number of anilines is 1. The maximum atomic E-state index is 13.1. The van der Waals surface area contributed by atoms with Crippen molar-refractivity contribution in [1.82, 2.24) is 20.4 Å². The predicted molar refractivity (Wildman–Crippen MR) is 124 cm³/mol. The molecular formula is C20H30FIN6O. The Morgan fingerprint density at radius 3 is 2.48 bits per heavy atom. The summed E-state index contributed by atoms with van der Waals surface area (Å²) in [6, 6.07) is 6.69. The molecule has 1 aromatic carbocycles. The SMILES string of the molecule is CCNC(=NCCc1nc(C(C)C)no1)N1CCN(c2ccc(F)cc2)CC1.I. The zero-order valence-corrected chi connectivity index (χ0v) is 19.6. The molecule has 0 radical (unpaired) electrons. The van der Waals surface area contributed by atoms with Crippen LogP contribution < -0.4 is 10.2 Å². The minimum Gasteiger partial charge on any atom is -0.368 e. The first-order valence-corrected chi connectivity index (χ1v) is 9.93. The fraction of sp³-hybridized carbons (Fsp3) is 0.550. The number of halogens is 2. The van der Waals surface area contributed by atoms with Gasteiger partial charge < -0.3 is 19.6 Å². The van der Waals surface area contributed by atoms with Crippen molar-refractivity contribution in [3.8, 4) is 0 Å². The number of guanidine groups is 1. The second kappa shape index (κ2) is 11.3. The number of benzene rings is 1. The topological polar surface area (TPSA) is 69.8 Å². The van der Waals surface area contributed by atoms with Crippen molar-refractivity contribution in [3.05, 3.63) is 41.8 Å². The van der Waals surface area contributed by atoms with Gasteiger partial charge >= 0.3 is 0 Å². The lowest BCUT2D eigenvalue weighted by molar-refractivity contribution is 0.366. The number of hydrogen-bond acceptors (Lipinski definition) is 5. The lowest BCUT2D eigenvalue weighted by Gasteiger charge is -2.37. The number of nitrogens with zero attached hydrogens (tertiary/aromatic N) is 5. The van der Waals surface area contributed by atoms with Gasteiger partial charge in [0.25, 0.3) is 0 Å². The van der Waals surface area contributed by atoms with Crippen molar-refractivity contribution >= 4 is 35.6 Å². The molecule has 1 aromatic heterocycles. The molecule has 29 heavy (non-hydrogen) atoms. The summed E-state index contributed by atoms with van der Waals surface area (Å²) in [5.41, 5.74) is 1.06. The van der Waals surface area contributed by atoms with Crippen molar-refractivity contribution in [3.63, 3.8) is 0 Å². The van der Waals surface area contributed by atoms with Crippen LogP contribution in [0, 0.1) is 5.82 Å². The summed E-state index contributed by atoms with van der Waals surface area (Å²) in [4.78, 5) is 13.7. The Morgan fingerprint density at radius 1 is 1.21 bits per heavy atom. The van der Waals surface area contributed by atoms with E-state index in [9.17, 15) is 4.39 Å². The van der Waals surface area contributed by atoms with E-state index in [1.165, 1.54) is 12.1 Å². The van der Waals surface area contributed by atoms with Gasteiger partial charge in [-0.1, -0.05) is 19.0 Å². The summed E-state index contributed by atoms with van der Waals surface area (Å²) >= 11 is 0. The van der Waals surface area contributed by atoms with Crippen LogP contribution in [0.3, 0.4) is 0 Å². The van der Waals surface area contributed by atoms with Crippen LogP contribution in [-0.4, -0.2) is 60.3 Å². The van der Waals surface area contributed by atoms with E-state index in [1.54, 1.807) is 0 Å². The number of aliphatic imine (C=N–C) groups is 1. The summed E-state index contributed by atoms with van der Waals surface area (Å²) < 4.78 is 18.4. The molecule has 1 saturated heterocycles. The van der Waals surface area contributed by atoms with E-state index in [1.807, 2.05) is 26.0 Å². The van der Waals surface area contributed by atoms with Crippen LogP contribution >= 0.6 is 24.0 Å². The van der Waals surface area contributed by atoms with E-state index in [4.69, 9.17) is 9.52 Å². The van der Waals surface area contributed by atoms with Crippen molar-refractivity contribution in [1.29, 1.82) is 0 Å². The minimum absolute atomic E-state index is 0. The third-order valence-corrected chi connectivity index (χ3v) is 4.69. The average molecular weight is 516 g/mol. The largest absolute Gasteiger partial charge is 0.368 e. The number of piperazine rings is 1. The maximum absolute atomic E-state index is 13.1. The molecule has 0 atom stereocenters. The zero-order chi connectivity index (χ0) is 19.9. The van der Waals surface area contributed by atoms with Crippen LogP contribution in [0.1, 0.15) is 38.4 Å². The van der Waals surface area contributed by atoms with Gasteiger partial charge in [0.2, 0.25) is 5.89 Å². The van der Waals surface area contributed by atoms with E-state index < -0.39 is 0 Å². The first kappa shape index (κ1) is 23.4. The Kier molecular flexibility index (Phi) is 9.12. The second-order valence-electron chi connectivity index (χ2n) is 7.14. The number of nitrogens with one attached hydrogen (secondary N) is 1. The molecule has 1 fully saturated rings. The first-order valence-electron chi connectivity index (χ1n) is 9.93. The number of aromatic nitrogens is 2. The molecule has 9 heteroatoms. The highest BCUT2D eigenvalue weighted by Gasteiger charge is 2.20. The lowest BCUT2D eigenvalue weighted by Crippen LogP contribution is -2.52. The van der Waals surface area contributed by atoms with Gasteiger partial charge in [-0.3, -0.25) is 4.99 Å². The first-order chi connectivity index (χ1) is 13.6. The molecule has 2 heterocycles. The quantitative estimate of drug-likeness (QED) is 0.361. The van der Waals surface area contributed by atoms with Crippen molar-refractivity contribution in [2.45, 2.75) is 33.1 Å². The van der Waals surface area contributed by atoms with Crippen LogP contribution in [0.25, 0.3) is 0 Å². The molecule has 3 rings (SSSR count). The molecule has 0 bridgehead atoms. The van der Waals surface area contributed by atoms with Gasteiger partial charge in [-0.2, -0.15) is 4.98 Å². The highest BCUT2D eigenvalue weighted by atomic mass is 127. The normalized spacial score (nSPS) is 14.9. The average Bonchev–Trinajstić information content (AvgIpc) is 3.17. The van der Waals surface area contributed by atoms with Gasteiger partial charge in [-0.25, -0.2) is 4.39 Å². The van der Waals surface area contributed by atoms with Gasteiger partial charge in [-0.15, -0.1) is 24.0 Å². The second-order valence-corrected chi connectivity index (χ2v) is 7.14. The van der Waals surface area contributed by atoms with E-state index >= 15 is 0 Å². The Hall–Kier alpha value is -1.91. The van der Waals surface area contributed by atoms with Crippen LogP contribution in [-0.2, 0) is 6.42 Å². The van der Waals surface area contributed by atoms with Gasteiger partial charge in [0, 0.05) is 50.7 Å². The lowest BCUT2D eigenvalue weighted by atomic mass is 10.2. The molecule has 0 amide bonds. The Bertz CT molecular complexity index is 772. The summed E-state index contributed by atoms with van der Waals surface area (Å²) in [5, 5.41) is 7.36. The van der Waals surface area contributed by atoms with E-state index in [0.717, 1.165) is 50.2 Å². The van der Waals surface area contributed by atoms with E-state index in [2.05, 4.69) is 32.2 Å².